The van der Waals surface area contributed by atoms with Crippen molar-refractivity contribution in [3.05, 3.63) is 77.8 Å². The lowest BCUT2D eigenvalue weighted by atomic mass is 9.99. The first-order chi connectivity index (χ1) is 12.3. The van der Waals surface area contributed by atoms with Gasteiger partial charge in [-0.05, 0) is 17.5 Å². The van der Waals surface area contributed by atoms with Crippen LogP contribution in [-0.2, 0) is 24.2 Å². The monoisotopic (exact) mass is 332 g/mol. The van der Waals surface area contributed by atoms with Crippen molar-refractivity contribution in [2.24, 2.45) is 0 Å². The third-order valence-corrected chi connectivity index (χ3v) is 4.65. The Morgan fingerprint density at radius 1 is 1.04 bits per heavy atom. The number of fused-ring (bicyclic) bond motifs is 1. The maximum absolute atomic E-state index is 12.5. The second kappa shape index (κ2) is 6.93. The fourth-order valence-corrected chi connectivity index (χ4v) is 3.24. The zero-order valence-corrected chi connectivity index (χ0v) is 14.0. The van der Waals surface area contributed by atoms with Crippen molar-refractivity contribution in [2.75, 3.05) is 6.54 Å². The number of aromatic nitrogens is 1. The molecule has 1 amide bonds. The first-order valence-electron chi connectivity index (χ1n) is 8.64. The molecule has 4 nitrogen and oxygen atoms in total. The molecule has 4 rings (SSSR count). The zero-order valence-electron chi connectivity index (χ0n) is 14.0. The minimum Gasteiger partial charge on any atom is -0.441 e. The van der Waals surface area contributed by atoms with Gasteiger partial charge in [-0.1, -0.05) is 54.6 Å². The van der Waals surface area contributed by atoms with E-state index in [4.69, 9.17) is 4.42 Å². The molecule has 0 spiro atoms. The summed E-state index contributed by atoms with van der Waals surface area (Å²) in [5, 5.41) is 0. The van der Waals surface area contributed by atoms with Gasteiger partial charge in [0.05, 0.1) is 6.20 Å². The minimum atomic E-state index is 0.161. The van der Waals surface area contributed by atoms with Crippen molar-refractivity contribution in [1.29, 1.82) is 0 Å². The van der Waals surface area contributed by atoms with Crippen molar-refractivity contribution in [3.63, 3.8) is 0 Å². The third-order valence-electron chi connectivity index (χ3n) is 4.65. The Kier molecular flexibility index (Phi) is 4.34. The van der Waals surface area contributed by atoms with E-state index in [2.05, 4.69) is 23.2 Å². The highest BCUT2D eigenvalue weighted by molar-refractivity contribution is 5.76. The maximum Gasteiger partial charge on any atom is 0.223 e. The van der Waals surface area contributed by atoms with Crippen LogP contribution in [0.3, 0.4) is 0 Å². The molecule has 0 N–H and O–H groups in total. The fraction of sp³-hybridized carbons (Fsp3) is 0.238. The molecular formula is C21H20N2O2. The highest BCUT2D eigenvalue weighted by Crippen LogP contribution is 2.22. The van der Waals surface area contributed by atoms with E-state index in [-0.39, 0.29) is 5.91 Å². The van der Waals surface area contributed by atoms with Crippen molar-refractivity contribution >= 4 is 5.91 Å². The second-order valence-corrected chi connectivity index (χ2v) is 6.32. The van der Waals surface area contributed by atoms with Crippen LogP contribution in [0.5, 0.6) is 0 Å². The summed E-state index contributed by atoms with van der Waals surface area (Å²) in [5.74, 6) is 1.52. The van der Waals surface area contributed by atoms with E-state index in [1.807, 2.05) is 41.3 Å². The molecule has 0 saturated carbocycles. The molecule has 0 bridgehead atoms. The van der Waals surface area contributed by atoms with Gasteiger partial charge < -0.3 is 9.32 Å². The molecule has 1 aromatic heterocycles. The van der Waals surface area contributed by atoms with E-state index in [0.29, 0.717) is 25.3 Å². The van der Waals surface area contributed by atoms with Gasteiger partial charge in [-0.2, -0.15) is 0 Å². The van der Waals surface area contributed by atoms with E-state index >= 15 is 0 Å². The number of rotatable bonds is 4. The highest BCUT2D eigenvalue weighted by atomic mass is 16.4. The molecule has 1 aliphatic rings. The van der Waals surface area contributed by atoms with Crippen LogP contribution in [0.15, 0.2) is 65.2 Å². The predicted molar refractivity (Wildman–Crippen MR) is 95.8 cm³/mol. The average molecular weight is 332 g/mol. The number of nitrogens with zero attached hydrogens (tertiary/aromatic N) is 2. The van der Waals surface area contributed by atoms with Gasteiger partial charge in [0.2, 0.25) is 5.91 Å². The predicted octanol–water partition coefficient (Wildman–Crippen LogP) is 3.86. The van der Waals surface area contributed by atoms with E-state index in [1.165, 1.54) is 11.1 Å². The van der Waals surface area contributed by atoms with Gasteiger partial charge in [-0.15, -0.1) is 0 Å². The number of amides is 1. The van der Waals surface area contributed by atoms with Gasteiger partial charge in [0, 0.05) is 31.5 Å². The summed E-state index contributed by atoms with van der Waals surface area (Å²) < 4.78 is 5.78. The Hall–Kier alpha value is -2.88. The summed E-state index contributed by atoms with van der Waals surface area (Å²) in [6.45, 7) is 1.49. The molecule has 0 fully saturated rings. The molecule has 0 saturated heterocycles. The first-order valence-corrected chi connectivity index (χ1v) is 8.64. The van der Waals surface area contributed by atoms with Gasteiger partial charge in [0.15, 0.2) is 11.7 Å². The number of carbonyl (C=O) groups excluding carboxylic acids is 1. The summed E-state index contributed by atoms with van der Waals surface area (Å²) in [6, 6.07) is 18.2. The summed E-state index contributed by atoms with van der Waals surface area (Å²) in [6.07, 6.45) is 3.62. The lowest BCUT2D eigenvalue weighted by Crippen LogP contribution is -2.36. The van der Waals surface area contributed by atoms with E-state index < -0.39 is 0 Å². The molecule has 0 atom stereocenters. The van der Waals surface area contributed by atoms with Gasteiger partial charge in [0.25, 0.3) is 0 Å². The van der Waals surface area contributed by atoms with Crippen LogP contribution in [0.25, 0.3) is 11.3 Å². The number of aryl methyl sites for hydroxylation is 1. The lowest BCUT2D eigenvalue weighted by Gasteiger charge is -2.28. The fourth-order valence-electron chi connectivity index (χ4n) is 3.24. The second-order valence-electron chi connectivity index (χ2n) is 6.32. The van der Waals surface area contributed by atoms with Crippen molar-refractivity contribution in [2.45, 2.75) is 25.8 Å². The summed E-state index contributed by atoms with van der Waals surface area (Å²) in [5.41, 5.74) is 3.61. The van der Waals surface area contributed by atoms with Crippen LogP contribution in [0.4, 0.5) is 0 Å². The highest BCUT2D eigenvalue weighted by Gasteiger charge is 2.20. The largest absolute Gasteiger partial charge is 0.441 e. The molecule has 2 aromatic carbocycles. The molecule has 126 valence electrons. The number of hydrogen-bond acceptors (Lipinski definition) is 3. The topological polar surface area (TPSA) is 46.3 Å². The van der Waals surface area contributed by atoms with E-state index in [9.17, 15) is 4.79 Å². The maximum atomic E-state index is 12.5. The lowest BCUT2D eigenvalue weighted by molar-refractivity contribution is -0.132. The Bertz CT molecular complexity index is 870. The van der Waals surface area contributed by atoms with Crippen LogP contribution >= 0.6 is 0 Å². The van der Waals surface area contributed by atoms with Gasteiger partial charge in [-0.25, -0.2) is 4.98 Å². The van der Waals surface area contributed by atoms with Crippen molar-refractivity contribution < 1.29 is 9.21 Å². The van der Waals surface area contributed by atoms with Crippen molar-refractivity contribution in [1.82, 2.24) is 9.88 Å². The SMILES string of the molecule is O=C(CCc1ncc(-c2ccccc2)o1)N1CCc2ccccc2C1. The van der Waals surface area contributed by atoms with E-state index in [1.54, 1.807) is 6.20 Å². The van der Waals surface area contributed by atoms with E-state index in [0.717, 1.165) is 24.3 Å². The zero-order chi connectivity index (χ0) is 17.1. The third kappa shape index (κ3) is 3.48. The van der Waals surface area contributed by atoms with Crippen LogP contribution in [-0.4, -0.2) is 22.3 Å². The van der Waals surface area contributed by atoms with Crippen LogP contribution in [0.1, 0.15) is 23.4 Å². The van der Waals surface area contributed by atoms with Gasteiger partial charge >= 0.3 is 0 Å². The molecule has 4 heteroatoms. The minimum absolute atomic E-state index is 0.161. The number of carbonyl (C=O) groups is 1. The smallest absolute Gasteiger partial charge is 0.223 e. The van der Waals surface area contributed by atoms with Crippen LogP contribution < -0.4 is 0 Å². The quantitative estimate of drug-likeness (QED) is 0.729. The molecular weight excluding hydrogens is 312 g/mol. The number of benzene rings is 2. The van der Waals surface area contributed by atoms with Crippen LogP contribution in [0, 0.1) is 0 Å². The van der Waals surface area contributed by atoms with Gasteiger partial charge in [0.1, 0.15) is 0 Å². The molecule has 25 heavy (non-hydrogen) atoms. The standard InChI is InChI=1S/C21H20N2O2/c24-21(23-13-12-16-6-4-5-9-18(16)15-23)11-10-20-22-14-19(25-20)17-7-2-1-3-8-17/h1-9,14H,10-13,15H2. The summed E-state index contributed by atoms with van der Waals surface area (Å²) >= 11 is 0. The molecule has 0 unspecified atom stereocenters. The Morgan fingerprint density at radius 2 is 1.80 bits per heavy atom. The number of oxazole rings is 1. The molecule has 2 heterocycles. The Balaban J connectivity index is 1.36. The molecule has 0 radical (unpaired) electrons. The Labute approximate surface area is 147 Å². The van der Waals surface area contributed by atoms with Crippen LogP contribution in [0.2, 0.25) is 0 Å². The Morgan fingerprint density at radius 3 is 2.64 bits per heavy atom. The number of hydrogen-bond donors (Lipinski definition) is 0. The van der Waals surface area contributed by atoms with Crippen molar-refractivity contribution in [3.8, 4) is 11.3 Å². The first kappa shape index (κ1) is 15.6. The average Bonchev–Trinajstić information content (AvgIpc) is 3.15. The molecule has 0 aliphatic carbocycles. The summed E-state index contributed by atoms with van der Waals surface area (Å²) in [7, 11) is 0. The normalized spacial score (nSPS) is 13.5. The molecule has 1 aliphatic heterocycles. The summed E-state index contributed by atoms with van der Waals surface area (Å²) in [4.78, 5) is 18.8. The molecule has 3 aromatic rings. The van der Waals surface area contributed by atoms with Gasteiger partial charge in [-0.3, -0.25) is 4.79 Å².